The van der Waals surface area contributed by atoms with Crippen LogP contribution in [0.4, 0.5) is 0 Å². The molecule has 0 atom stereocenters. The second-order valence-electron chi connectivity index (χ2n) is 6.94. The molecule has 0 saturated heterocycles. The third kappa shape index (κ3) is 2.95. The van der Waals surface area contributed by atoms with Crippen LogP contribution in [0.2, 0.25) is 0 Å². The third-order valence-corrected chi connectivity index (χ3v) is 5.16. The van der Waals surface area contributed by atoms with E-state index in [9.17, 15) is 0 Å². The van der Waals surface area contributed by atoms with Gasteiger partial charge in [0.05, 0.1) is 5.69 Å². The number of rotatable bonds is 2. The maximum Gasteiger partial charge on any atom is 0.178 e. The van der Waals surface area contributed by atoms with Crippen LogP contribution in [0.5, 0.6) is 0 Å². The highest BCUT2D eigenvalue weighted by Gasteiger charge is 2.21. The zero-order chi connectivity index (χ0) is 17.4. The molecule has 0 unspecified atom stereocenters. The van der Waals surface area contributed by atoms with Crippen molar-refractivity contribution < 1.29 is 0 Å². The van der Waals surface area contributed by atoms with E-state index in [2.05, 4.69) is 37.0 Å². The summed E-state index contributed by atoms with van der Waals surface area (Å²) in [4.78, 5) is 14.5. The minimum atomic E-state index is 0.750. The van der Waals surface area contributed by atoms with Crippen molar-refractivity contribution >= 4 is 0 Å². The smallest absolute Gasteiger partial charge is 0.178 e. The molecule has 3 heteroatoms. The lowest BCUT2D eigenvalue weighted by atomic mass is 9.90. The molecule has 0 radical (unpaired) electrons. The van der Waals surface area contributed by atoms with Crippen LogP contribution in [-0.4, -0.2) is 15.0 Å². The van der Waals surface area contributed by atoms with Gasteiger partial charge in [0.1, 0.15) is 5.69 Å². The maximum atomic E-state index is 5.00. The van der Waals surface area contributed by atoms with E-state index in [1.54, 1.807) is 0 Å². The molecular weight excluding hydrogens is 306 g/mol. The molecule has 2 aromatic heterocycles. The van der Waals surface area contributed by atoms with Gasteiger partial charge in [-0.25, -0.2) is 15.0 Å². The summed E-state index contributed by atoms with van der Waals surface area (Å²) in [6, 6.07) is 12.5. The molecule has 3 aromatic rings. The van der Waals surface area contributed by atoms with Crippen LogP contribution in [0.15, 0.2) is 36.4 Å². The van der Waals surface area contributed by atoms with Gasteiger partial charge in [0, 0.05) is 22.5 Å². The monoisotopic (exact) mass is 329 g/mol. The van der Waals surface area contributed by atoms with E-state index in [0.29, 0.717) is 0 Å². The summed E-state index contributed by atoms with van der Waals surface area (Å²) in [5.41, 5.74) is 9.32. The number of hydrogen-bond acceptors (Lipinski definition) is 3. The molecule has 2 heterocycles. The van der Waals surface area contributed by atoms with E-state index in [1.165, 1.54) is 40.8 Å². The molecular formula is C22H23N3. The summed E-state index contributed by atoms with van der Waals surface area (Å²) in [5, 5.41) is 0. The first-order chi connectivity index (χ1) is 12.1. The zero-order valence-corrected chi connectivity index (χ0v) is 15.1. The Kier molecular flexibility index (Phi) is 4.08. The van der Waals surface area contributed by atoms with Crippen molar-refractivity contribution in [2.45, 2.75) is 46.5 Å². The quantitative estimate of drug-likeness (QED) is 0.663. The van der Waals surface area contributed by atoms with E-state index in [-0.39, 0.29) is 0 Å². The third-order valence-electron chi connectivity index (χ3n) is 5.16. The van der Waals surface area contributed by atoms with E-state index < -0.39 is 0 Å². The van der Waals surface area contributed by atoms with Crippen molar-refractivity contribution in [2.24, 2.45) is 0 Å². The Labute approximate surface area is 149 Å². The van der Waals surface area contributed by atoms with Crippen molar-refractivity contribution in [3.8, 4) is 22.8 Å². The second kappa shape index (κ2) is 6.40. The fourth-order valence-corrected chi connectivity index (χ4v) is 3.61. The summed E-state index contributed by atoms with van der Waals surface area (Å²) in [6.45, 7) is 6.36. The SMILES string of the molecule is Cc1cccc(-c2nc3c(c(-c4cccc(C)c4C)n2)CCCC3)n1. The van der Waals surface area contributed by atoms with Gasteiger partial charge in [-0.3, -0.25) is 0 Å². The Morgan fingerprint density at radius 1 is 0.800 bits per heavy atom. The lowest BCUT2D eigenvalue weighted by Gasteiger charge is -2.20. The molecule has 1 aromatic carbocycles. The Hall–Kier alpha value is -2.55. The number of hydrogen-bond donors (Lipinski definition) is 0. The summed E-state index contributed by atoms with van der Waals surface area (Å²) >= 11 is 0. The predicted octanol–water partition coefficient (Wildman–Crippen LogP) is 5.01. The van der Waals surface area contributed by atoms with Crippen LogP contribution >= 0.6 is 0 Å². The summed E-state index contributed by atoms with van der Waals surface area (Å²) in [7, 11) is 0. The molecule has 1 aliphatic carbocycles. The van der Waals surface area contributed by atoms with Gasteiger partial charge in [0.25, 0.3) is 0 Å². The second-order valence-corrected chi connectivity index (χ2v) is 6.94. The van der Waals surface area contributed by atoms with Crippen LogP contribution in [0, 0.1) is 20.8 Å². The molecule has 0 spiro atoms. The maximum absolute atomic E-state index is 5.00. The zero-order valence-electron chi connectivity index (χ0n) is 15.1. The lowest BCUT2D eigenvalue weighted by molar-refractivity contribution is 0.665. The molecule has 0 N–H and O–H groups in total. The largest absolute Gasteiger partial charge is 0.250 e. The molecule has 0 fully saturated rings. The van der Waals surface area contributed by atoms with E-state index in [4.69, 9.17) is 9.97 Å². The van der Waals surface area contributed by atoms with Crippen molar-refractivity contribution in [1.29, 1.82) is 0 Å². The first-order valence-electron chi connectivity index (χ1n) is 9.04. The molecule has 0 aliphatic heterocycles. The Morgan fingerprint density at radius 2 is 1.60 bits per heavy atom. The molecule has 3 nitrogen and oxygen atoms in total. The van der Waals surface area contributed by atoms with Crippen molar-refractivity contribution in [1.82, 2.24) is 15.0 Å². The van der Waals surface area contributed by atoms with Crippen molar-refractivity contribution in [3.63, 3.8) is 0 Å². The highest BCUT2D eigenvalue weighted by Crippen LogP contribution is 2.33. The molecule has 0 amide bonds. The number of fused-ring (bicyclic) bond motifs is 1. The van der Waals surface area contributed by atoms with Gasteiger partial charge >= 0.3 is 0 Å². The molecule has 1 aliphatic rings. The number of pyridine rings is 1. The normalized spacial score (nSPS) is 13.6. The lowest BCUT2D eigenvalue weighted by Crippen LogP contribution is -2.11. The summed E-state index contributed by atoms with van der Waals surface area (Å²) in [6.07, 6.45) is 4.53. The number of benzene rings is 1. The molecule has 0 saturated carbocycles. The standard InChI is InChI=1S/C22H23N3/c1-14-8-6-11-17(16(14)3)21-18-10-4-5-12-19(18)24-22(25-21)20-13-7-9-15(2)23-20/h6-9,11,13H,4-5,10,12H2,1-3H3. The van der Waals surface area contributed by atoms with E-state index >= 15 is 0 Å². The summed E-state index contributed by atoms with van der Waals surface area (Å²) < 4.78 is 0. The van der Waals surface area contributed by atoms with Crippen LogP contribution in [0.25, 0.3) is 22.8 Å². The van der Waals surface area contributed by atoms with Gasteiger partial charge in [-0.2, -0.15) is 0 Å². The topological polar surface area (TPSA) is 38.7 Å². The van der Waals surface area contributed by atoms with Gasteiger partial charge < -0.3 is 0 Å². The van der Waals surface area contributed by atoms with Crippen LogP contribution in [0.1, 0.15) is 40.9 Å². The van der Waals surface area contributed by atoms with Crippen LogP contribution in [-0.2, 0) is 12.8 Å². The van der Waals surface area contributed by atoms with E-state index in [0.717, 1.165) is 35.7 Å². The summed E-state index contributed by atoms with van der Waals surface area (Å²) in [5.74, 6) is 0.750. The van der Waals surface area contributed by atoms with Gasteiger partial charge in [-0.05, 0) is 69.7 Å². The predicted molar refractivity (Wildman–Crippen MR) is 102 cm³/mol. The first-order valence-corrected chi connectivity index (χ1v) is 9.04. The Balaban J connectivity index is 1.96. The fraction of sp³-hybridized carbons (Fsp3) is 0.318. The first kappa shape index (κ1) is 15.9. The molecule has 0 bridgehead atoms. The average Bonchev–Trinajstić information content (AvgIpc) is 2.63. The molecule has 4 rings (SSSR count). The fourth-order valence-electron chi connectivity index (χ4n) is 3.61. The van der Waals surface area contributed by atoms with Crippen molar-refractivity contribution in [3.05, 3.63) is 64.5 Å². The van der Waals surface area contributed by atoms with Gasteiger partial charge in [0.2, 0.25) is 0 Å². The average molecular weight is 329 g/mol. The number of aryl methyl sites for hydroxylation is 3. The van der Waals surface area contributed by atoms with Gasteiger partial charge in [-0.15, -0.1) is 0 Å². The minimum absolute atomic E-state index is 0.750. The Morgan fingerprint density at radius 3 is 2.44 bits per heavy atom. The molecule has 25 heavy (non-hydrogen) atoms. The van der Waals surface area contributed by atoms with E-state index in [1.807, 2.05) is 25.1 Å². The van der Waals surface area contributed by atoms with Crippen molar-refractivity contribution in [2.75, 3.05) is 0 Å². The Bertz CT molecular complexity index is 944. The highest BCUT2D eigenvalue weighted by atomic mass is 14.9. The van der Waals surface area contributed by atoms with Crippen LogP contribution < -0.4 is 0 Å². The van der Waals surface area contributed by atoms with Gasteiger partial charge in [-0.1, -0.05) is 24.3 Å². The highest BCUT2D eigenvalue weighted by molar-refractivity contribution is 5.71. The van der Waals surface area contributed by atoms with Gasteiger partial charge in [0.15, 0.2) is 5.82 Å². The minimum Gasteiger partial charge on any atom is -0.250 e. The number of nitrogens with zero attached hydrogens (tertiary/aromatic N) is 3. The number of aromatic nitrogens is 3. The molecule has 126 valence electrons. The van der Waals surface area contributed by atoms with Crippen LogP contribution in [0.3, 0.4) is 0 Å².